The third-order valence-electron chi connectivity index (χ3n) is 4.36. The number of morpholine rings is 1. The maximum absolute atomic E-state index is 12.3. The minimum atomic E-state index is -3.53. The normalized spacial score (nSPS) is 19.0. The van der Waals surface area contributed by atoms with E-state index in [0.717, 1.165) is 25.2 Å². The zero-order valence-electron chi connectivity index (χ0n) is 14.0. The molecule has 0 saturated carbocycles. The predicted octanol–water partition coefficient (Wildman–Crippen LogP) is 0.846. The number of hydrogen-bond acceptors (Lipinski definition) is 5. The molecular formula is C16H24ClN3O4S. The van der Waals surface area contributed by atoms with Crippen LogP contribution in [-0.2, 0) is 19.6 Å². The molecule has 1 aromatic rings. The first-order valence-corrected chi connectivity index (χ1v) is 9.75. The zero-order chi connectivity index (χ0) is 17.0. The Kier molecular flexibility index (Phi) is 7.21. The van der Waals surface area contributed by atoms with E-state index >= 15 is 0 Å². The lowest BCUT2D eigenvalue weighted by Crippen LogP contribution is -2.41. The van der Waals surface area contributed by atoms with E-state index in [2.05, 4.69) is 9.62 Å². The van der Waals surface area contributed by atoms with E-state index < -0.39 is 10.0 Å². The molecule has 9 heteroatoms. The summed E-state index contributed by atoms with van der Waals surface area (Å²) >= 11 is 0. The van der Waals surface area contributed by atoms with Crippen molar-refractivity contribution in [2.45, 2.75) is 17.7 Å². The maximum atomic E-state index is 12.3. The van der Waals surface area contributed by atoms with Crippen LogP contribution in [0.5, 0.6) is 0 Å². The fraction of sp³-hybridized carbons (Fsp3) is 0.562. The van der Waals surface area contributed by atoms with Crippen molar-refractivity contribution in [3.8, 4) is 0 Å². The second-order valence-electron chi connectivity index (χ2n) is 5.99. The molecule has 1 N–H and O–H groups in total. The molecule has 0 atom stereocenters. The molecular weight excluding hydrogens is 366 g/mol. The Hall–Kier alpha value is -1.19. The van der Waals surface area contributed by atoms with Gasteiger partial charge < -0.3 is 9.64 Å². The largest absolute Gasteiger partial charge is 0.379 e. The Bertz CT molecular complexity index is 675. The Balaban J connectivity index is 0.00000225. The fourth-order valence-corrected chi connectivity index (χ4v) is 3.99. The molecule has 3 rings (SSSR count). The first-order chi connectivity index (χ1) is 11.6. The lowest BCUT2D eigenvalue weighted by atomic mass is 10.3. The highest BCUT2D eigenvalue weighted by atomic mass is 35.5. The Morgan fingerprint density at radius 3 is 2.36 bits per heavy atom. The number of sulfonamides is 1. The first kappa shape index (κ1) is 20.1. The molecule has 7 nitrogen and oxygen atoms in total. The van der Waals surface area contributed by atoms with Crippen LogP contribution in [0.1, 0.15) is 12.8 Å². The molecule has 2 aliphatic heterocycles. The number of benzene rings is 1. The van der Waals surface area contributed by atoms with Crippen molar-refractivity contribution in [3.05, 3.63) is 24.3 Å². The van der Waals surface area contributed by atoms with Crippen molar-refractivity contribution in [2.75, 3.05) is 50.8 Å². The van der Waals surface area contributed by atoms with Gasteiger partial charge in [-0.2, -0.15) is 0 Å². The zero-order valence-corrected chi connectivity index (χ0v) is 15.7. The monoisotopic (exact) mass is 389 g/mol. The van der Waals surface area contributed by atoms with Crippen LogP contribution in [0.15, 0.2) is 29.2 Å². The average molecular weight is 390 g/mol. The molecule has 1 aromatic carbocycles. The fourth-order valence-electron chi connectivity index (χ4n) is 2.97. The molecule has 0 unspecified atom stereocenters. The summed E-state index contributed by atoms with van der Waals surface area (Å²) in [5.74, 6) is 0.0919. The van der Waals surface area contributed by atoms with E-state index in [9.17, 15) is 13.2 Å². The van der Waals surface area contributed by atoms with Gasteiger partial charge in [0.05, 0.1) is 18.1 Å². The van der Waals surface area contributed by atoms with E-state index in [0.29, 0.717) is 39.3 Å². The number of ether oxygens (including phenoxy) is 1. The van der Waals surface area contributed by atoms with Gasteiger partial charge in [-0.15, -0.1) is 12.4 Å². The number of rotatable bonds is 6. The summed E-state index contributed by atoms with van der Waals surface area (Å²) in [7, 11) is -3.53. The summed E-state index contributed by atoms with van der Waals surface area (Å²) in [6, 6.07) is 6.50. The van der Waals surface area contributed by atoms with Crippen LogP contribution in [0.2, 0.25) is 0 Å². The minimum Gasteiger partial charge on any atom is -0.379 e. The highest BCUT2D eigenvalue weighted by Crippen LogP contribution is 2.22. The van der Waals surface area contributed by atoms with Crippen molar-refractivity contribution >= 4 is 34.0 Å². The smallest absolute Gasteiger partial charge is 0.240 e. The van der Waals surface area contributed by atoms with Crippen LogP contribution in [0, 0.1) is 0 Å². The molecule has 2 fully saturated rings. The summed E-state index contributed by atoms with van der Waals surface area (Å²) in [5.41, 5.74) is 0.754. The quantitative estimate of drug-likeness (QED) is 0.780. The van der Waals surface area contributed by atoms with Gasteiger partial charge in [-0.05, 0) is 30.7 Å². The summed E-state index contributed by atoms with van der Waals surface area (Å²) < 4.78 is 32.6. The average Bonchev–Trinajstić information content (AvgIpc) is 3.02. The molecule has 0 radical (unpaired) electrons. The second-order valence-corrected chi connectivity index (χ2v) is 7.76. The lowest BCUT2D eigenvalue weighted by Gasteiger charge is -2.26. The van der Waals surface area contributed by atoms with Gasteiger partial charge in [0.15, 0.2) is 0 Å². The Morgan fingerprint density at radius 1 is 1.08 bits per heavy atom. The molecule has 140 valence electrons. The van der Waals surface area contributed by atoms with E-state index in [1.807, 2.05) is 0 Å². The molecule has 0 aromatic heterocycles. The number of carbonyl (C=O) groups is 1. The molecule has 2 heterocycles. The molecule has 0 spiro atoms. The summed E-state index contributed by atoms with van der Waals surface area (Å²) in [5, 5.41) is 0. The standard InChI is InChI=1S/C16H23N3O4S.ClH/c20-16-2-1-8-19(16)14-3-5-15(6-4-14)24(21,22)17-7-9-18-10-12-23-13-11-18;/h3-6,17H,1-2,7-13H2;1H. The van der Waals surface area contributed by atoms with Crippen molar-refractivity contribution < 1.29 is 17.9 Å². The minimum absolute atomic E-state index is 0. The van der Waals surface area contributed by atoms with Gasteiger partial charge in [0.25, 0.3) is 0 Å². The Morgan fingerprint density at radius 2 is 1.76 bits per heavy atom. The number of nitrogens with zero attached hydrogens (tertiary/aromatic N) is 2. The van der Waals surface area contributed by atoms with Crippen molar-refractivity contribution in [1.29, 1.82) is 0 Å². The highest BCUT2D eigenvalue weighted by molar-refractivity contribution is 7.89. The van der Waals surface area contributed by atoms with Crippen LogP contribution in [-0.4, -0.2) is 65.2 Å². The Labute approximate surface area is 154 Å². The van der Waals surface area contributed by atoms with Gasteiger partial charge in [-0.1, -0.05) is 0 Å². The summed E-state index contributed by atoms with van der Waals surface area (Å²) in [4.78, 5) is 15.8. The number of carbonyl (C=O) groups excluding carboxylic acids is 1. The van der Waals surface area contributed by atoms with Crippen molar-refractivity contribution in [3.63, 3.8) is 0 Å². The van der Waals surface area contributed by atoms with Gasteiger partial charge in [-0.25, -0.2) is 13.1 Å². The van der Waals surface area contributed by atoms with Gasteiger partial charge in [0.1, 0.15) is 0 Å². The van der Waals surface area contributed by atoms with Crippen LogP contribution < -0.4 is 9.62 Å². The number of anilines is 1. The molecule has 25 heavy (non-hydrogen) atoms. The van der Waals surface area contributed by atoms with Gasteiger partial charge in [-0.3, -0.25) is 9.69 Å². The highest BCUT2D eigenvalue weighted by Gasteiger charge is 2.22. The van der Waals surface area contributed by atoms with E-state index in [-0.39, 0.29) is 23.2 Å². The van der Waals surface area contributed by atoms with Crippen molar-refractivity contribution in [2.24, 2.45) is 0 Å². The number of nitrogens with one attached hydrogen (secondary N) is 1. The van der Waals surface area contributed by atoms with E-state index in [1.54, 1.807) is 29.2 Å². The number of amides is 1. The van der Waals surface area contributed by atoms with Crippen LogP contribution in [0.3, 0.4) is 0 Å². The number of hydrogen-bond donors (Lipinski definition) is 1. The van der Waals surface area contributed by atoms with Gasteiger partial charge >= 0.3 is 0 Å². The first-order valence-electron chi connectivity index (χ1n) is 8.26. The van der Waals surface area contributed by atoms with Crippen LogP contribution in [0.4, 0.5) is 5.69 Å². The van der Waals surface area contributed by atoms with Crippen molar-refractivity contribution in [1.82, 2.24) is 9.62 Å². The maximum Gasteiger partial charge on any atom is 0.240 e. The van der Waals surface area contributed by atoms with Gasteiger partial charge in [0, 0.05) is 44.8 Å². The third kappa shape index (κ3) is 5.15. The summed E-state index contributed by atoms with van der Waals surface area (Å²) in [6.07, 6.45) is 1.41. The van der Waals surface area contributed by atoms with E-state index in [1.165, 1.54) is 0 Å². The van der Waals surface area contributed by atoms with Gasteiger partial charge in [0.2, 0.25) is 15.9 Å². The van der Waals surface area contributed by atoms with Crippen LogP contribution >= 0.6 is 12.4 Å². The summed E-state index contributed by atoms with van der Waals surface area (Å²) in [6.45, 7) is 4.80. The molecule has 2 saturated heterocycles. The molecule has 0 aliphatic carbocycles. The predicted molar refractivity (Wildman–Crippen MR) is 97.7 cm³/mol. The lowest BCUT2D eigenvalue weighted by molar-refractivity contribution is -0.117. The number of halogens is 1. The SMILES string of the molecule is Cl.O=C1CCCN1c1ccc(S(=O)(=O)NCCN2CCOCC2)cc1. The van der Waals surface area contributed by atoms with E-state index in [4.69, 9.17) is 4.74 Å². The molecule has 2 aliphatic rings. The topological polar surface area (TPSA) is 79.0 Å². The van der Waals surface area contributed by atoms with Crippen LogP contribution in [0.25, 0.3) is 0 Å². The second kappa shape index (κ2) is 8.95. The third-order valence-corrected chi connectivity index (χ3v) is 5.83. The molecule has 1 amide bonds. The molecule has 0 bridgehead atoms.